The van der Waals surface area contributed by atoms with Crippen LogP contribution in [0.2, 0.25) is 0 Å². The predicted molar refractivity (Wildman–Crippen MR) is 91.5 cm³/mol. The van der Waals surface area contributed by atoms with Crippen LogP contribution >= 0.6 is 0 Å². The van der Waals surface area contributed by atoms with Crippen molar-refractivity contribution in [2.45, 2.75) is 6.92 Å². The Morgan fingerprint density at radius 2 is 1.96 bits per heavy atom. The van der Waals surface area contributed by atoms with Crippen molar-refractivity contribution in [2.24, 2.45) is 7.05 Å². The molecule has 25 heavy (non-hydrogen) atoms. The highest BCUT2D eigenvalue weighted by atomic mass is 16.5. The summed E-state index contributed by atoms with van der Waals surface area (Å²) in [5, 5.41) is 2.89. The summed E-state index contributed by atoms with van der Waals surface area (Å²) in [6.45, 7) is 1.62. The first-order chi connectivity index (χ1) is 12.0. The highest BCUT2D eigenvalue weighted by Crippen LogP contribution is 2.30. The van der Waals surface area contributed by atoms with E-state index in [9.17, 15) is 9.59 Å². The van der Waals surface area contributed by atoms with Gasteiger partial charge in [-0.05, 0) is 19.1 Å². The molecule has 0 aliphatic heterocycles. The highest BCUT2D eigenvalue weighted by Gasteiger charge is 2.22. The lowest BCUT2D eigenvalue weighted by molar-refractivity contribution is 0.102. The van der Waals surface area contributed by atoms with Crippen molar-refractivity contribution < 1.29 is 18.7 Å². The Kier molecular flexibility index (Phi) is 4.18. The number of carbonyl (C=O) groups excluding carboxylic acids is 1. The van der Waals surface area contributed by atoms with Crippen molar-refractivity contribution in [1.82, 2.24) is 9.55 Å². The van der Waals surface area contributed by atoms with Crippen LogP contribution in [-0.4, -0.2) is 29.7 Å². The number of hydrogen-bond donors (Lipinski definition) is 1. The molecule has 0 radical (unpaired) electrons. The van der Waals surface area contributed by atoms with E-state index in [2.05, 4.69) is 10.3 Å². The van der Waals surface area contributed by atoms with Gasteiger partial charge >= 0.3 is 0 Å². The third kappa shape index (κ3) is 2.82. The lowest BCUT2D eigenvalue weighted by Crippen LogP contribution is -2.20. The van der Waals surface area contributed by atoms with Gasteiger partial charge in [-0.2, -0.15) is 0 Å². The Balaban J connectivity index is 2.02. The topological polar surface area (TPSA) is 95.6 Å². The van der Waals surface area contributed by atoms with Gasteiger partial charge in [0.15, 0.2) is 11.5 Å². The number of anilines is 1. The Hall–Kier alpha value is -3.29. The molecule has 0 saturated heterocycles. The number of rotatable bonds is 4. The number of ether oxygens (including phenoxy) is 2. The van der Waals surface area contributed by atoms with Gasteiger partial charge in [-0.15, -0.1) is 0 Å². The minimum atomic E-state index is -0.464. The molecular formula is C17H17N3O5. The van der Waals surface area contributed by atoms with Crippen LogP contribution in [0.4, 0.5) is 5.69 Å². The average Bonchev–Trinajstić information content (AvgIpc) is 2.95. The highest BCUT2D eigenvalue weighted by molar-refractivity contribution is 6.12. The standard InChI is InChI=1S/C17H17N3O5/c1-9-13(14-16(25-9)18-8-20(2)17(14)22)15(21)19-10-5-6-11(23-3)12(7-10)24-4/h5-8H,1-4H3,(H,19,21). The van der Waals surface area contributed by atoms with Crippen molar-refractivity contribution in [3.63, 3.8) is 0 Å². The van der Waals surface area contributed by atoms with E-state index in [0.29, 0.717) is 22.9 Å². The molecule has 3 aromatic rings. The molecular weight excluding hydrogens is 326 g/mol. The van der Waals surface area contributed by atoms with Crippen LogP contribution in [0.3, 0.4) is 0 Å². The maximum absolute atomic E-state index is 12.7. The lowest BCUT2D eigenvalue weighted by Gasteiger charge is -2.10. The number of aromatic nitrogens is 2. The number of amides is 1. The quantitative estimate of drug-likeness (QED) is 0.779. The number of hydrogen-bond acceptors (Lipinski definition) is 6. The van der Waals surface area contributed by atoms with Gasteiger partial charge in [-0.1, -0.05) is 0 Å². The minimum absolute atomic E-state index is 0.137. The molecule has 1 aromatic carbocycles. The Bertz CT molecular complexity index is 1020. The summed E-state index contributed by atoms with van der Waals surface area (Å²) in [4.78, 5) is 29.1. The third-order valence-corrected chi connectivity index (χ3v) is 3.82. The van der Waals surface area contributed by atoms with Crippen molar-refractivity contribution >= 4 is 22.7 Å². The molecule has 1 N–H and O–H groups in total. The van der Waals surface area contributed by atoms with Crippen LogP contribution in [0.15, 0.2) is 33.7 Å². The monoisotopic (exact) mass is 343 g/mol. The van der Waals surface area contributed by atoms with Crippen LogP contribution in [0.25, 0.3) is 11.1 Å². The average molecular weight is 343 g/mol. The summed E-state index contributed by atoms with van der Waals surface area (Å²) in [5.41, 5.74) is 0.452. The Morgan fingerprint density at radius 1 is 1.24 bits per heavy atom. The molecule has 0 bridgehead atoms. The fraction of sp³-hybridized carbons (Fsp3) is 0.235. The van der Waals surface area contributed by atoms with E-state index in [-0.39, 0.29) is 22.2 Å². The number of furan rings is 1. The number of benzene rings is 1. The van der Waals surface area contributed by atoms with Gasteiger partial charge in [-0.25, -0.2) is 4.98 Å². The smallest absolute Gasteiger partial charge is 0.265 e. The zero-order valence-electron chi connectivity index (χ0n) is 14.2. The zero-order valence-corrected chi connectivity index (χ0v) is 14.2. The summed E-state index contributed by atoms with van der Waals surface area (Å²) < 4.78 is 17.1. The fourth-order valence-electron chi connectivity index (χ4n) is 2.57. The second-order valence-corrected chi connectivity index (χ2v) is 5.40. The van der Waals surface area contributed by atoms with E-state index < -0.39 is 5.91 Å². The van der Waals surface area contributed by atoms with Crippen LogP contribution in [-0.2, 0) is 7.05 Å². The molecule has 0 spiro atoms. The summed E-state index contributed by atoms with van der Waals surface area (Å²) in [5.74, 6) is 0.882. The van der Waals surface area contributed by atoms with E-state index in [4.69, 9.17) is 13.9 Å². The molecule has 0 fully saturated rings. The van der Waals surface area contributed by atoms with Crippen LogP contribution in [0, 0.1) is 6.92 Å². The molecule has 8 heteroatoms. The zero-order chi connectivity index (χ0) is 18.1. The van der Waals surface area contributed by atoms with Gasteiger partial charge in [0.25, 0.3) is 11.5 Å². The van der Waals surface area contributed by atoms with Gasteiger partial charge < -0.3 is 23.8 Å². The first-order valence-corrected chi connectivity index (χ1v) is 7.44. The van der Waals surface area contributed by atoms with Gasteiger partial charge in [-0.3, -0.25) is 9.59 Å². The lowest BCUT2D eigenvalue weighted by atomic mass is 10.1. The molecule has 3 rings (SSSR count). The number of fused-ring (bicyclic) bond motifs is 1. The Morgan fingerprint density at radius 3 is 2.64 bits per heavy atom. The maximum Gasteiger partial charge on any atom is 0.265 e. The summed E-state index contributed by atoms with van der Waals surface area (Å²) in [6, 6.07) is 4.98. The van der Waals surface area contributed by atoms with E-state index in [0.717, 1.165) is 0 Å². The van der Waals surface area contributed by atoms with Crippen molar-refractivity contribution in [3.05, 3.63) is 46.2 Å². The fourth-order valence-corrected chi connectivity index (χ4v) is 2.57. The second kappa shape index (κ2) is 6.31. The van der Waals surface area contributed by atoms with Gasteiger partial charge in [0, 0.05) is 18.8 Å². The number of aryl methyl sites for hydroxylation is 2. The summed E-state index contributed by atoms with van der Waals surface area (Å²) >= 11 is 0. The molecule has 0 unspecified atom stereocenters. The number of carbonyl (C=O) groups is 1. The number of nitrogens with zero attached hydrogens (tertiary/aromatic N) is 2. The number of methoxy groups -OCH3 is 2. The van der Waals surface area contributed by atoms with E-state index >= 15 is 0 Å². The predicted octanol–water partition coefficient (Wildman–Crippen LogP) is 2.10. The third-order valence-electron chi connectivity index (χ3n) is 3.82. The Labute approximate surface area is 143 Å². The summed E-state index contributed by atoms with van der Waals surface area (Å²) in [6.07, 6.45) is 1.35. The molecule has 0 saturated carbocycles. The molecule has 1 amide bonds. The van der Waals surface area contributed by atoms with Gasteiger partial charge in [0.2, 0.25) is 5.71 Å². The minimum Gasteiger partial charge on any atom is -0.493 e. The van der Waals surface area contributed by atoms with Crippen molar-refractivity contribution in [2.75, 3.05) is 19.5 Å². The molecule has 2 aromatic heterocycles. The SMILES string of the molecule is COc1ccc(NC(=O)c2c(C)oc3ncn(C)c(=O)c23)cc1OC. The first kappa shape index (κ1) is 16.6. The van der Waals surface area contributed by atoms with Gasteiger partial charge in [0.1, 0.15) is 17.5 Å². The van der Waals surface area contributed by atoms with E-state index in [1.54, 1.807) is 32.2 Å². The van der Waals surface area contributed by atoms with Gasteiger partial charge in [0.05, 0.1) is 19.8 Å². The van der Waals surface area contributed by atoms with E-state index in [1.165, 1.54) is 25.1 Å². The van der Waals surface area contributed by atoms with Crippen LogP contribution in [0.1, 0.15) is 16.1 Å². The normalized spacial score (nSPS) is 10.7. The molecule has 0 atom stereocenters. The molecule has 2 heterocycles. The van der Waals surface area contributed by atoms with Crippen molar-refractivity contribution in [1.29, 1.82) is 0 Å². The maximum atomic E-state index is 12.7. The molecule has 0 aliphatic carbocycles. The molecule has 0 aliphatic rings. The second-order valence-electron chi connectivity index (χ2n) is 5.40. The molecule has 130 valence electrons. The van der Waals surface area contributed by atoms with E-state index in [1.807, 2.05) is 0 Å². The van der Waals surface area contributed by atoms with Crippen LogP contribution in [0.5, 0.6) is 11.5 Å². The first-order valence-electron chi connectivity index (χ1n) is 7.44. The summed E-state index contributed by atoms with van der Waals surface area (Å²) in [7, 11) is 4.60. The molecule has 8 nitrogen and oxygen atoms in total. The number of nitrogens with one attached hydrogen (secondary N) is 1. The van der Waals surface area contributed by atoms with Crippen molar-refractivity contribution in [3.8, 4) is 11.5 Å². The van der Waals surface area contributed by atoms with Crippen LogP contribution < -0.4 is 20.3 Å². The largest absolute Gasteiger partial charge is 0.493 e.